The van der Waals surface area contributed by atoms with Gasteiger partial charge in [-0.2, -0.15) is 0 Å². The zero-order chi connectivity index (χ0) is 21.6. The van der Waals surface area contributed by atoms with Crippen molar-refractivity contribution in [2.75, 3.05) is 0 Å². The van der Waals surface area contributed by atoms with Gasteiger partial charge in [-0.15, -0.1) is 0 Å². The number of benzene rings is 1. The van der Waals surface area contributed by atoms with Crippen molar-refractivity contribution in [3.8, 4) is 5.75 Å². The Balaban J connectivity index is 2.33. The molecule has 2 atom stereocenters. The normalized spacial score (nSPS) is 26.1. The molecule has 0 aliphatic heterocycles. The summed E-state index contributed by atoms with van der Waals surface area (Å²) in [6.45, 7) is 9.60. The van der Waals surface area contributed by atoms with Crippen LogP contribution >= 0.6 is 0 Å². The molecule has 1 N–H and O–H groups in total. The van der Waals surface area contributed by atoms with Gasteiger partial charge in [-0.1, -0.05) is 25.5 Å². The molecular formula is C24H32O5. The first-order valence-corrected chi connectivity index (χ1v) is 10.1. The molecular weight excluding hydrogens is 368 g/mol. The van der Waals surface area contributed by atoms with Crippen molar-refractivity contribution in [1.82, 2.24) is 0 Å². The third kappa shape index (κ3) is 6.77. The zero-order valence-corrected chi connectivity index (χ0v) is 18.0. The summed E-state index contributed by atoms with van der Waals surface area (Å²) in [6, 6.07) is 5.99. The molecule has 1 aliphatic carbocycles. The van der Waals surface area contributed by atoms with Gasteiger partial charge in [-0.05, 0) is 69.0 Å². The molecule has 0 bridgehead atoms. The summed E-state index contributed by atoms with van der Waals surface area (Å²) in [4.78, 5) is 24.3. The highest BCUT2D eigenvalue weighted by Crippen LogP contribution is 2.34. The maximum atomic E-state index is 12.6. The molecule has 0 saturated heterocycles. The number of phenolic OH excluding ortho intramolecular Hbond substituents is 1. The molecule has 1 aromatic rings. The molecule has 0 radical (unpaired) electrons. The Bertz CT molecular complexity index is 786. The monoisotopic (exact) mass is 400 g/mol. The van der Waals surface area contributed by atoms with E-state index in [1.54, 1.807) is 0 Å². The number of hydrogen-bond acceptors (Lipinski definition) is 5. The Morgan fingerprint density at radius 3 is 2.38 bits per heavy atom. The lowest BCUT2D eigenvalue weighted by molar-refractivity contribution is -0.149. The highest BCUT2D eigenvalue weighted by molar-refractivity contribution is 5.89. The summed E-state index contributed by atoms with van der Waals surface area (Å²) in [5.74, 6) is -0.682. The summed E-state index contributed by atoms with van der Waals surface area (Å²) < 4.78 is 11.4. The number of carbonyl (C=O) groups excluding carboxylic acids is 2. The van der Waals surface area contributed by atoms with Crippen LogP contribution in [0.25, 0.3) is 0 Å². The van der Waals surface area contributed by atoms with Gasteiger partial charge in [0.1, 0.15) is 18.0 Å². The van der Waals surface area contributed by atoms with Crippen molar-refractivity contribution in [2.24, 2.45) is 5.41 Å². The lowest BCUT2D eigenvalue weighted by atomic mass is 9.80. The Kier molecular flexibility index (Phi) is 7.66. The van der Waals surface area contributed by atoms with Gasteiger partial charge < -0.3 is 14.6 Å². The van der Waals surface area contributed by atoms with E-state index in [0.717, 1.165) is 24.8 Å². The smallest absolute Gasteiger partial charge is 0.338 e. The van der Waals surface area contributed by atoms with Gasteiger partial charge in [0, 0.05) is 18.8 Å². The van der Waals surface area contributed by atoms with E-state index in [2.05, 4.69) is 26.8 Å². The van der Waals surface area contributed by atoms with Crippen LogP contribution in [0.15, 0.2) is 47.6 Å². The molecule has 0 amide bonds. The van der Waals surface area contributed by atoms with Gasteiger partial charge in [0.15, 0.2) is 0 Å². The molecule has 0 heterocycles. The highest BCUT2D eigenvalue weighted by atomic mass is 16.5. The second-order valence-corrected chi connectivity index (χ2v) is 8.51. The molecule has 5 nitrogen and oxygen atoms in total. The zero-order valence-electron chi connectivity index (χ0n) is 18.0. The molecule has 0 saturated carbocycles. The largest absolute Gasteiger partial charge is 0.508 e. The van der Waals surface area contributed by atoms with Gasteiger partial charge in [-0.25, -0.2) is 4.79 Å². The number of carbonyl (C=O) groups is 2. The van der Waals surface area contributed by atoms with E-state index in [0.29, 0.717) is 12.0 Å². The number of rotatable bonds is 3. The summed E-state index contributed by atoms with van der Waals surface area (Å²) in [6.07, 6.45) is 6.61. The SMILES string of the molecule is CC(=O)O[C@H]1/C=C(/C)[C@H](OC(=O)c2ccc(O)cc2)C/C=C(/C)CCCC1(C)C. The average molecular weight is 401 g/mol. The van der Waals surface area contributed by atoms with Crippen LogP contribution in [0.3, 0.4) is 0 Å². The van der Waals surface area contributed by atoms with Crippen molar-refractivity contribution in [1.29, 1.82) is 0 Å². The predicted octanol–water partition coefficient (Wildman–Crippen LogP) is 5.34. The van der Waals surface area contributed by atoms with Crippen molar-refractivity contribution in [2.45, 2.75) is 72.5 Å². The van der Waals surface area contributed by atoms with Gasteiger partial charge in [0.25, 0.3) is 0 Å². The van der Waals surface area contributed by atoms with Gasteiger partial charge in [-0.3, -0.25) is 4.79 Å². The van der Waals surface area contributed by atoms with Crippen LogP contribution in [-0.2, 0) is 14.3 Å². The molecule has 0 unspecified atom stereocenters. The van der Waals surface area contributed by atoms with Gasteiger partial charge in [0.05, 0.1) is 5.56 Å². The third-order valence-corrected chi connectivity index (χ3v) is 5.41. The van der Waals surface area contributed by atoms with Crippen LogP contribution in [0.5, 0.6) is 5.75 Å². The van der Waals surface area contributed by atoms with Crippen LogP contribution < -0.4 is 0 Å². The number of allylic oxidation sites excluding steroid dienone is 1. The van der Waals surface area contributed by atoms with Crippen molar-refractivity contribution in [3.63, 3.8) is 0 Å². The summed E-state index contributed by atoms with van der Waals surface area (Å²) in [5.41, 5.74) is 2.25. The van der Waals surface area contributed by atoms with E-state index in [1.165, 1.54) is 36.8 Å². The minimum Gasteiger partial charge on any atom is -0.508 e. The minimum absolute atomic E-state index is 0.0950. The fourth-order valence-corrected chi connectivity index (χ4v) is 3.44. The molecule has 0 spiro atoms. The predicted molar refractivity (Wildman–Crippen MR) is 113 cm³/mol. The number of esters is 2. The maximum absolute atomic E-state index is 12.6. The van der Waals surface area contributed by atoms with E-state index in [4.69, 9.17) is 9.47 Å². The third-order valence-electron chi connectivity index (χ3n) is 5.41. The number of phenols is 1. The van der Waals surface area contributed by atoms with Gasteiger partial charge >= 0.3 is 11.9 Å². The molecule has 29 heavy (non-hydrogen) atoms. The van der Waals surface area contributed by atoms with E-state index in [9.17, 15) is 14.7 Å². The second kappa shape index (κ2) is 9.77. The molecule has 1 aromatic carbocycles. The molecule has 0 aromatic heterocycles. The average Bonchev–Trinajstić information content (AvgIpc) is 2.65. The number of aromatic hydroxyl groups is 1. The number of hydrogen-bond donors (Lipinski definition) is 1. The first-order chi connectivity index (χ1) is 13.6. The molecule has 0 fully saturated rings. The second-order valence-electron chi connectivity index (χ2n) is 8.51. The van der Waals surface area contributed by atoms with Crippen LogP contribution in [0.2, 0.25) is 0 Å². The Morgan fingerprint density at radius 1 is 1.10 bits per heavy atom. The standard InChI is InChI=1S/C24H32O5/c1-16-7-6-14-24(4,5)22(28-18(3)25)15-17(2)21(13-8-16)29-23(27)19-9-11-20(26)12-10-19/h8-12,15,21-22,26H,6-7,13-14H2,1-5H3/b16-8-,17-15-/t21-,22+/m1/s1. The fourth-order valence-electron chi connectivity index (χ4n) is 3.44. The Hall–Kier alpha value is -2.56. The van der Waals surface area contributed by atoms with Crippen LogP contribution in [-0.4, -0.2) is 29.3 Å². The molecule has 2 rings (SSSR count). The van der Waals surface area contributed by atoms with Crippen LogP contribution in [0, 0.1) is 5.41 Å². The van der Waals surface area contributed by atoms with Crippen molar-refractivity contribution < 1.29 is 24.2 Å². The number of ether oxygens (including phenoxy) is 2. The molecule has 1 aliphatic rings. The Labute approximate surface area is 173 Å². The topological polar surface area (TPSA) is 72.8 Å². The summed E-state index contributed by atoms with van der Waals surface area (Å²) in [7, 11) is 0. The maximum Gasteiger partial charge on any atom is 0.338 e. The lowest BCUT2D eigenvalue weighted by Crippen LogP contribution is -2.33. The van der Waals surface area contributed by atoms with E-state index in [-0.39, 0.29) is 17.1 Å². The van der Waals surface area contributed by atoms with Gasteiger partial charge in [0.2, 0.25) is 0 Å². The van der Waals surface area contributed by atoms with E-state index < -0.39 is 18.2 Å². The van der Waals surface area contributed by atoms with Crippen molar-refractivity contribution >= 4 is 11.9 Å². The Morgan fingerprint density at radius 2 is 1.76 bits per heavy atom. The van der Waals surface area contributed by atoms with Crippen molar-refractivity contribution in [3.05, 3.63) is 53.1 Å². The van der Waals surface area contributed by atoms with Crippen LogP contribution in [0.4, 0.5) is 0 Å². The van der Waals surface area contributed by atoms with E-state index >= 15 is 0 Å². The lowest BCUT2D eigenvalue weighted by Gasteiger charge is -2.32. The first-order valence-electron chi connectivity index (χ1n) is 10.1. The molecule has 158 valence electrons. The minimum atomic E-state index is -0.460. The summed E-state index contributed by atoms with van der Waals surface area (Å²) >= 11 is 0. The summed E-state index contributed by atoms with van der Waals surface area (Å²) in [5, 5.41) is 9.42. The highest BCUT2D eigenvalue weighted by Gasteiger charge is 2.32. The quantitative estimate of drug-likeness (QED) is 0.547. The molecule has 5 heteroatoms. The van der Waals surface area contributed by atoms with Crippen LogP contribution in [0.1, 0.15) is 70.7 Å². The fraction of sp³-hybridized carbons (Fsp3) is 0.500. The van der Waals surface area contributed by atoms with E-state index in [1.807, 2.05) is 13.0 Å². The first kappa shape index (κ1) is 22.7.